The van der Waals surface area contributed by atoms with Gasteiger partial charge in [-0.1, -0.05) is 19.4 Å². The highest BCUT2D eigenvalue weighted by Crippen LogP contribution is 2.32. The summed E-state index contributed by atoms with van der Waals surface area (Å²) in [6, 6.07) is 5.89. The second-order valence-corrected chi connectivity index (χ2v) is 4.39. The van der Waals surface area contributed by atoms with E-state index in [1.54, 1.807) is 0 Å². The van der Waals surface area contributed by atoms with E-state index in [0.717, 1.165) is 36.3 Å². The second kappa shape index (κ2) is 6.28. The summed E-state index contributed by atoms with van der Waals surface area (Å²) in [4.78, 5) is 11.4. The number of benzene rings is 1. The normalized spacial score (nSPS) is 12.5. The highest BCUT2D eigenvalue weighted by molar-refractivity contribution is 5.75. The van der Waals surface area contributed by atoms with Gasteiger partial charge in [-0.05, 0) is 30.5 Å². The number of carbonyl (C=O) groups excluding carboxylic acids is 1. The molecule has 0 saturated carbocycles. The van der Waals surface area contributed by atoms with E-state index in [0.29, 0.717) is 19.8 Å². The van der Waals surface area contributed by atoms with Gasteiger partial charge in [-0.3, -0.25) is 4.79 Å². The summed E-state index contributed by atoms with van der Waals surface area (Å²) in [5.74, 6) is 1.73. The minimum atomic E-state index is 0.137. The van der Waals surface area contributed by atoms with Gasteiger partial charge in [0.25, 0.3) is 0 Å². The third kappa shape index (κ3) is 3.39. The Morgan fingerprint density at radius 3 is 3.00 bits per heavy atom. The minimum absolute atomic E-state index is 0.137. The van der Waals surface area contributed by atoms with Crippen LogP contribution in [0.4, 0.5) is 0 Å². The van der Waals surface area contributed by atoms with Gasteiger partial charge in [-0.2, -0.15) is 0 Å². The first-order chi connectivity index (χ1) is 8.79. The molecule has 0 aromatic heterocycles. The second-order valence-electron chi connectivity index (χ2n) is 4.39. The molecule has 2 rings (SSSR count). The maximum atomic E-state index is 11.4. The van der Waals surface area contributed by atoms with Crippen LogP contribution in [0.25, 0.3) is 0 Å². The van der Waals surface area contributed by atoms with Crippen LogP contribution < -0.4 is 14.8 Å². The van der Waals surface area contributed by atoms with Gasteiger partial charge in [-0.15, -0.1) is 0 Å². The molecule has 0 fully saturated rings. The Balaban J connectivity index is 1.75. The molecule has 0 radical (unpaired) electrons. The molecule has 1 aromatic rings. The Morgan fingerprint density at radius 1 is 1.33 bits per heavy atom. The molecule has 0 unspecified atom stereocenters. The number of hydrogen-bond donors (Lipinski definition) is 1. The summed E-state index contributed by atoms with van der Waals surface area (Å²) in [6.45, 7) is 3.05. The van der Waals surface area contributed by atoms with Crippen molar-refractivity contribution in [3.8, 4) is 11.5 Å². The van der Waals surface area contributed by atoms with E-state index in [-0.39, 0.29) is 5.91 Å². The number of carbonyl (C=O) groups is 1. The number of rotatable bonds is 6. The number of hydrogen-bond acceptors (Lipinski definition) is 3. The molecule has 1 aromatic carbocycles. The molecular formula is C14H19NO3. The van der Waals surface area contributed by atoms with Crippen molar-refractivity contribution in [1.82, 2.24) is 5.32 Å². The molecule has 1 amide bonds. The van der Waals surface area contributed by atoms with Crippen molar-refractivity contribution >= 4 is 5.91 Å². The summed E-state index contributed by atoms with van der Waals surface area (Å²) in [5.41, 5.74) is 1.15. The monoisotopic (exact) mass is 249 g/mol. The van der Waals surface area contributed by atoms with Gasteiger partial charge in [0.05, 0.1) is 0 Å². The van der Waals surface area contributed by atoms with Crippen LogP contribution in [0.3, 0.4) is 0 Å². The highest BCUT2D eigenvalue weighted by atomic mass is 16.7. The van der Waals surface area contributed by atoms with Crippen LogP contribution in [0, 0.1) is 0 Å². The Labute approximate surface area is 107 Å². The van der Waals surface area contributed by atoms with Crippen molar-refractivity contribution in [3.05, 3.63) is 23.8 Å². The van der Waals surface area contributed by atoms with Crippen molar-refractivity contribution in [1.29, 1.82) is 0 Å². The van der Waals surface area contributed by atoms with Crippen molar-refractivity contribution in [2.75, 3.05) is 13.3 Å². The third-order valence-corrected chi connectivity index (χ3v) is 2.93. The maximum Gasteiger partial charge on any atom is 0.231 e. The topological polar surface area (TPSA) is 47.6 Å². The predicted octanol–water partition coefficient (Wildman–Crippen LogP) is 2.26. The molecule has 0 bridgehead atoms. The van der Waals surface area contributed by atoms with Crippen LogP contribution in [-0.2, 0) is 11.2 Å². The van der Waals surface area contributed by atoms with E-state index in [2.05, 4.69) is 12.2 Å². The molecule has 0 spiro atoms. The van der Waals surface area contributed by atoms with Crippen LogP contribution in [0.2, 0.25) is 0 Å². The molecule has 4 heteroatoms. The Kier molecular flexibility index (Phi) is 4.45. The molecule has 0 saturated heterocycles. The number of nitrogens with one attached hydrogen (secondary N) is 1. The first kappa shape index (κ1) is 12.7. The molecule has 1 aliphatic rings. The van der Waals surface area contributed by atoms with Gasteiger partial charge < -0.3 is 14.8 Å². The van der Waals surface area contributed by atoms with E-state index < -0.39 is 0 Å². The lowest BCUT2D eigenvalue weighted by atomic mass is 10.1. The van der Waals surface area contributed by atoms with Gasteiger partial charge >= 0.3 is 0 Å². The zero-order chi connectivity index (χ0) is 12.8. The van der Waals surface area contributed by atoms with E-state index >= 15 is 0 Å². The standard InChI is InChI=1S/C14H19NO3/c1-2-3-4-14(16)15-8-7-11-5-6-12-13(9-11)18-10-17-12/h5-6,9H,2-4,7-8,10H2,1H3,(H,15,16). The maximum absolute atomic E-state index is 11.4. The van der Waals surface area contributed by atoms with Crippen LogP contribution >= 0.6 is 0 Å². The molecule has 1 aliphatic heterocycles. The molecule has 0 aliphatic carbocycles. The third-order valence-electron chi connectivity index (χ3n) is 2.93. The van der Waals surface area contributed by atoms with Crippen molar-refractivity contribution in [2.45, 2.75) is 32.6 Å². The summed E-state index contributed by atoms with van der Waals surface area (Å²) >= 11 is 0. The molecule has 98 valence electrons. The molecule has 0 atom stereocenters. The smallest absolute Gasteiger partial charge is 0.231 e. The fraction of sp³-hybridized carbons (Fsp3) is 0.500. The SMILES string of the molecule is CCCCC(=O)NCCc1ccc2c(c1)OCO2. The minimum Gasteiger partial charge on any atom is -0.454 e. The Hall–Kier alpha value is -1.71. The van der Waals surface area contributed by atoms with Crippen LogP contribution in [0.1, 0.15) is 31.7 Å². The number of fused-ring (bicyclic) bond motifs is 1. The average Bonchev–Trinajstić information content (AvgIpc) is 2.83. The van der Waals surface area contributed by atoms with Gasteiger partial charge in [-0.25, -0.2) is 0 Å². The van der Waals surface area contributed by atoms with Gasteiger partial charge in [0.2, 0.25) is 12.7 Å². The summed E-state index contributed by atoms with van der Waals surface area (Å²) < 4.78 is 10.6. The first-order valence-electron chi connectivity index (χ1n) is 6.45. The number of unbranched alkanes of at least 4 members (excludes halogenated alkanes) is 1. The predicted molar refractivity (Wildman–Crippen MR) is 68.8 cm³/mol. The molecule has 4 nitrogen and oxygen atoms in total. The first-order valence-corrected chi connectivity index (χ1v) is 6.45. The van der Waals surface area contributed by atoms with E-state index in [4.69, 9.17) is 9.47 Å². The molecular weight excluding hydrogens is 230 g/mol. The summed E-state index contributed by atoms with van der Waals surface area (Å²) in [6.07, 6.45) is 3.44. The zero-order valence-corrected chi connectivity index (χ0v) is 10.7. The zero-order valence-electron chi connectivity index (χ0n) is 10.7. The highest BCUT2D eigenvalue weighted by Gasteiger charge is 2.12. The summed E-state index contributed by atoms with van der Waals surface area (Å²) in [7, 11) is 0. The fourth-order valence-electron chi connectivity index (χ4n) is 1.87. The molecule has 18 heavy (non-hydrogen) atoms. The molecule has 1 N–H and O–H groups in total. The number of amides is 1. The number of ether oxygens (including phenoxy) is 2. The van der Waals surface area contributed by atoms with Crippen molar-refractivity contribution in [2.24, 2.45) is 0 Å². The molecule has 1 heterocycles. The van der Waals surface area contributed by atoms with Gasteiger partial charge in [0.15, 0.2) is 11.5 Å². The largest absolute Gasteiger partial charge is 0.454 e. The quantitative estimate of drug-likeness (QED) is 0.841. The Morgan fingerprint density at radius 2 is 2.17 bits per heavy atom. The van der Waals surface area contributed by atoms with Crippen LogP contribution in [0.5, 0.6) is 11.5 Å². The van der Waals surface area contributed by atoms with E-state index in [9.17, 15) is 4.79 Å². The van der Waals surface area contributed by atoms with E-state index in [1.165, 1.54) is 0 Å². The van der Waals surface area contributed by atoms with Crippen molar-refractivity contribution < 1.29 is 14.3 Å². The van der Waals surface area contributed by atoms with E-state index in [1.807, 2.05) is 18.2 Å². The van der Waals surface area contributed by atoms with Crippen LogP contribution in [-0.4, -0.2) is 19.2 Å². The Bertz CT molecular complexity index is 418. The lowest BCUT2D eigenvalue weighted by Gasteiger charge is -2.05. The fourth-order valence-corrected chi connectivity index (χ4v) is 1.87. The summed E-state index contributed by atoms with van der Waals surface area (Å²) in [5, 5.41) is 2.92. The lowest BCUT2D eigenvalue weighted by Crippen LogP contribution is -2.25. The van der Waals surface area contributed by atoms with Crippen molar-refractivity contribution in [3.63, 3.8) is 0 Å². The van der Waals surface area contributed by atoms with Gasteiger partial charge in [0.1, 0.15) is 0 Å². The van der Waals surface area contributed by atoms with Crippen LogP contribution in [0.15, 0.2) is 18.2 Å². The average molecular weight is 249 g/mol. The van der Waals surface area contributed by atoms with Gasteiger partial charge in [0, 0.05) is 13.0 Å². The lowest BCUT2D eigenvalue weighted by molar-refractivity contribution is -0.121.